The molecule has 0 aliphatic heterocycles. The fourth-order valence-corrected chi connectivity index (χ4v) is 3.51. The minimum atomic E-state index is -0.965. The predicted molar refractivity (Wildman–Crippen MR) is 140 cm³/mol. The van der Waals surface area contributed by atoms with Gasteiger partial charge in [0.1, 0.15) is 17.5 Å². The maximum absolute atomic E-state index is 13.2. The summed E-state index contributed by atoms with van der Waals surface area (Å²) in [6.45, 7) is 0. The SMILES string of the molecule is COc1ccc(OC)c(/C=C/C(=O)NC(Cc2ccc(C#N)cc2)C(=O)Nc2ccc(C(=O)NO)cc2)c1. The maximum atomic E-state index is 13.2. The molecule has 10 heteroatoms. The van der Waals surface area contributed by atoms with Crippen LogP contribution in [0.1, 0.15) is 27.0 Å². The summed E-state index contributed by atoms with van der Waals surface area (Å²) in [6, 6.07) is 18.8. The highest BCUT2D eigenvalue weighted by molar-refractivity contribution is 6.01. The van der Waals surface area contributed by atoms with Crippen LogP contribution < -0.4 is 25.6 Å². The third-order valence-electron chi connectivity index (χ3n) is 5.52. The summed E-state index contributed by atoms with van der Waals surface area (Å²) in [4.78, 5) is 37.5. The van der Waals surface area contributed by atoms with Gasteiger partial charge < -0.3 is 20.1 Å². The van der Waals surface area contributed by atoms with Crippen LogP contribution in [0.15, 0.2) is 72.8 Å². The number of methoxy groups -OCH3 is 2. The first-order valence-corrected chi connectivity index (χ1v) is 11.4. The highest BCUT2D eigenvalue weighted by atomic mass is 16.5. The van der Waals surface area contributed by atoms with Gasteiger partial charge in [0.25, 0.3) is 5.91 Å². The van der Waals surface area contributed by atoms with Crippen molar-refractivity contribution in [2.75, 3.05) is 19.5 Å². The molecule has 38 heavy (non-hydrogen) atoms. The van der Waals surface area contributed by atoms with Gasteiger partial charge in [-0.05, 0) is 66.2 Å². The van der Waals surface area contributed by atoms with E-state index in [1.807, 2.05) is 6.07 Å². The van der Waals surface area contributed by atoms with Crippen LogP contribution in [0.3, 0.4) is 0 Å². The van der Waals surface area contributed by atoms with E-state index in [0.717, 1.165) is 5.56 Å². The zero-order valence-corrected chi connectivity index (χ0v) is 20.7. The molecule has 0 aromatic heterocycles. The van der Waals surface area contributed by atoms with E-state index in [9.17, 15) is 14.4 Å². The molecule has 194 valence electrons. The highest BCUT2D eigenvalue weighted by Crippen LogP contribution is 2.25. The van der Waals surface area contributed by atoms with Gasteiger partial charge in [-0.15, -0.1) is 0 Å². The monoisotopic (exact) mass is 514 g/mol. The summed E-state index contributed by atoms with van der Waals surface area (Å²) >= 11 is 0. The maximum Gasteiger partial charge on any atom is 0.274 e. The van der Waals surface area contributed by atoms with Crippen LogP contribution in [0.4, 0.5) is 5.69 Å². The molecule has 3 aromatic carbocycles. The van der Waals surface area contributed by atoms with Gasteiger partial charge in [0.2, 0.25) is 11.8 Å². The Kier molecular flexibility index (Phi) is 9.57. The van der Waals surface area contributed by atoms with Crippen molar-refractivity contribution in [2.45, 2.75) is 12.5 Å². The van der Waals surface area contributed by atoms with Crippen LogP contribution in [0.2, 0.25) is 0 Å². The van der Waals surface area contributed by atoms with Crippen LogP contribution in [0.25, 0.3) is 6.08 Å². The lowest BCUT2D eigenvalue weighted by molar-refractivity contribution is -0.123. The number of benzene rings is 3. The van der Waals surface area contributed by atoms with Gasteiger partial charge in [-0.1, -0.05) is 12.1 Å². The number of ether oxygens (including phenoxy) is 2. The van der Waals surface area contributed by atoms with Crippen molar-refractivity contribution >= 4 is 29.5 Å². The Bertz CT molecular complexity index is 1360. The van der Waals surface area contributed by atoms with Crippen molar-refractivity contribution in [3.8, 4) is 17.6 Å². The molecule has 0 radical (unpaired) electrons. The quantitative estimate of drug-likeness (QED) is 0.184. The molecule has 1 atom stereocenters. The predicted octanol–water partition coefficient (Wildman–Crippen LogP) is 3.07. The number of anilines is 1. The second kappa shape index (κ2) is 13.2. The molecule has 3 amide bonds. The van der Waals surface area contributed by atoms with Gasteiger partial charge >= 0.3 is 0 Å². The minimum absolute atomic E-state index is 0.157. The summed E-state index contributed by atoms with van der Waals surface area (Å²) in [5.74, 6) is -0.562. The number of rotatable bonds is 10. The molecule has 1 unspecified atom stereocenters. The Labute approximate surface area is 219 Å². The fourth-order valence-electron chi connectivity index (χ4n) is 3.51. The van der Waals surface area contributed by atoms with Crippen molar-refractivity contribution in [1.82, 2.24) is 10.8 Å². The number of carbonyl (C=O) groups excluding carboxylic acids is 3. The standard InChI is InChI=1S/C28H26N4O6/c1-37-23-12-13-25(38-2)21(16-23)9-14-26(33)31-24(15-18-3-5-19(17-29)6-4-18)28(35)30-22-10-7-20(8-11-22)27(34)32-36/h3-14,16,24,36H,15H2,1-2H3,(H,30,35)(H,31,33)(H,32,34)/b14-9+. The molecule has 10 nitrogen and oxygen atoms in total. The number of hydrogen-bond donors (Lipinski definition) is 4. The summed E-state index contributed by atoms with van der Waals surface area (Å²) in [6.07, 6.45) is 3.00. The minimum Gasteiger partial charge on any atom is -0.497 e. The van der Waals surface area contributed by atoms with Gasteiger partial charge in [-0.2, -0.15) is 5.26 Å². The van der Waals surface area contributed by atoms with Gasteiger partial charge in [-0.3, -0.25) is 19.6 Å². The topological polar surface area (TPSA) is 150 Å². The van der Waals surface area contributed by atoms with Gasteiger partial charge in [0, 0.05) is 29.3 Å². The molecule has 0 bridgehead atoms. The van der Waals surface area contributed by atoms with Crippen molar-refractivity contribution in [1.29, 1.82) is 5.26 Å². The summed E-state index contributed by atoms with van der Waals surface area (Å²) in [7, 11) is 3.04. The number of carbonyl (C=O) groups is 3. The van der Waals surface area contributed by atoms with Crippen molar-refractivity contribution in [3.63, 3.8) is 0 Å². The lowest BCUT2D eigenvalue weighted by Gasteiger charge is -2.18. The van der Waals surface area contributed by atoms with Crippen LogP contribution in [-0.2, 0) is 16.0 Å². The van der Waals surface area contributed by atoms with Gasteiger partial charge in [0.05, 0.1) is 25.9 Å². The molecule has 3 aromatic rings. The molecule has 0 saturated heterocycles. The second-order valence-corrected chi connectivity index (χ2v) is 8.02. The largest absolute Gasteiger partial charge is 0.497 e. The van der Waals surface area contributed by atoms with E-state index in [4.69, 9.17) is 19.9 Å². The average Bonchev–Trinajstić information content (AvgIpc) is 2.95. The molecule has 3 rings (SSSR count). The van der Waals surface area contributed by atoms with Crippen LogP contribution >= 0.6 is 0 Å². The Morgan fingerprint density at radius 3 is 2.32 bits per heavy atom. The smallest absolute Gasteiger partial charge is 0.274 e. The van der Waals surface area contributed by atoms with E-state index in [0.29, 0.717) is 28.3 Å². The Hall–Kier alpha value is -5.14. The molecule has 0 fully saturated rings. The van der Waals surface area contributed by atoms with Gasteiger partial charge in [0.15, 0.2) is 0 Å². The van der Waals surface area contributed by atoms with Gasteiger partial charge in [-0.25, -0.2) is 5.48 Å². The van der Waals surface area contributed by atoms with E-state index >= 15 is 0 Å². The molecule has 0 saturated carbocycles. The van der Waals surface area contributed by atoms with Crippen LogP contribution in [0.5, 0.6) is 11.5 Å². The molecule has 0 aliphatic carbocycles. The van der Waals surface area contributed by atoms with E-state index in [1.165, 1.54) is 50.0 Å². The average molecular weight is 515 g/mol. The number of hydroxylamine groups is 1. The van der Waals surface area contributed by atoms with E-state index < -0.39 is 23.8 Å². The lowest BCUT2D eigenvalue weighted by atomic mass is 10.0. The first-order chi connectivity index (χ1) is 18.4. The lowest BCUT2D eigenvalue weighted by Crippen LogP contribution is -2.44. The summed E-state index contributed by atoms with van der Waals surface area (Å²) in [5.41, 5.74) is 3.95. The van der Waals surface area contributed by atoms with Crippen molar-refractivity contribution in [3.05, 3.63) is 95.1 Å². The first kappa shape index (κ1) is 27.4. The van der Waals surface area contributed by atoms with Crippen molar-refractivity contribution < 1.29 is 29.1 Å². The Balaban J connectivity index is 1.79. The third-order valence-corrected chi connectivity index (χ3v) is 5.52. The molecular formula is C28H26N4O6. The second-order valence-electron chi connectivity index (χ2n) is 8.02. The third kappa shape index (κ3) is 7.43. The number of amides is 3. The van der Waals surface area contributed by atoms with E-state index in [1.54, 1.807) is 48.5 Å². The highest BCUT2D eigenvalue weighted by Gasteiger charge is 2.21. The Morgan fingerprint density at radius 1 is 1.00 bits per heavy atom. The number of nitriles is 1. The summed E-state index contributed by atoms with van der Waals surface area (Å²) < 4.78 is 10.6. The molecule has 4 N–H and O–H groups in total. The summed E-state index contributed by atoms with van der Waals surface area (Å²) in [5, 5.41) is 23.2. The normalized spacial score (nSPS) is 11.2. The zero-order chi connectivity index (χ0) is 27.5. The number of nitrogens with one attached hydrogen (secondary N) is 3. The number of nitrogens with zero attached hydrogens (tertiary/aromatic N) is 1. The van der Waals surface area contributed by atoms with E-state index in [2.05, 4.69) is 10.6 Å². The van der Waals surface area contributed by atoms with Crippen LogP contribution in [0, 0.1) is 11.3 Å². The fraction of sp³-hybridized carbons (Fsp3) is 0.143. The molecule has 0 aliphatic rings. The first-order valence-electron chi connectivity index (χ1n) is 11.4. The van der Waals surface area contributed by atoms with Crippen molar-refractivity contribution in [2.24, 2.45) is 0 Å². The zero-order valence-electron chi connectivity index (χ0n) is 20.7. The molecule has 0 heterocycles. The Morgan fingerprint density at radius 2 is 1.71 bits per heavy atom. The number of hydrogen-bond acceptors (Lipinski definition) is 7. The van der Waals surface area contributed by atoms with Crippen LogP contribution in [-0.4, -0.2) is 43.2 Å². The molecular weight excluding hydrogens is 488 g/mol. The molecule has 0 spiro atoms. The van der Waals surface area contributed by atoms with E-state index in [-0.39, 0.29) is 12.0 Å².